The number of nitrogens with zero attached hydrogens (tertiary/aromatic N) is 1. The maximum atomic E-state index is 5.93. The fraction of sp³-hybridized carbons (Fsp3) is 0.562. The minimum Gasteiger partial charge on any atom is -0.400 e. The van der Waals surface area contributed by atoms with Crippen molar-refractivity contribution in [2.75, 3.05) is 6.54 Å². The average molecular weight is 286 g/mol. The van der Waals surface area contributed by atoms with E-state index in [1.807, 2.05) is 18.2 Å². The van der Waals surface area contributed by atoms with Gasteiger partial charge in [-0.15, -0.1) is 0 Å². The molecule has 0 spiro atoms. The van der Waals surface area contributed by atoms with Gasteiger partial charge in [0.15, 0.2) is 0 Å². The highest BCUT2D eigenvalue weighted by Crippen LogP contribution is 2.37. The molecular weight excluding hydrogens is 263 g/mol. The van der Waals surface area contributed by atoms with E-state index in [1.165, 1.54) is 6.42 Å². The second-order valence-corrected chi connectivity index (χ2v) is 6.80. The summed E-state index contributed by atoms with van der Waals surface area (Å²) in [5.41, 5.74) is 1.60. The smallest absolute Gasteiger partial charge is 0.400 e. The summed E-state index contributed by atoms with van der Waals surface area (Å²) < 4.78 is 11.9. The van der Waals surface area contributed by atoms with Crippen molar-refractivity contribution in [3.8, 4) is 0 Å². The van der Waals surface area contributed by atoms with Gasteiger partial charge in [-0.3, -0.25) is 4.98 Å². The summed E-state index contributed by atoms with van der Waals surface area (Å²) in [7, 11) is -0.303. The lowest BCUT2D eigenvalue weighted by Crippen LogP contribution is -2.41. The fourth-order valence-electron chi connectivity index (χ4n) is 2.42. The summed E-state index contributed by atoms with van der Waals surface area (Å²) in [5.74, 6) is 1.95. The molecule has 2 aliphatic rings. The van der Waals surface area contributed by atoms with Crippen molar-refractivity contribution in [2.45, 2.75) is 51.4 Å². The Kier molecular flexibility index (Phi) is 3.68. The molecule has 0 radical (unpaired) electrons. The van der Waals surface area contributed by atoms with E-state index < -0.39 is 0 Å². The molecule has 1 aromatic heterocycles. The Bertz CT molecular complexity index is 520. The van der Waals surface area contributed by atoms with Gasteiger partial charge in [-0.05, 0) is 52.3 Å². The van der Waals surface area contributed by atoms with E-state index >= 15 is 0 Å². The third-order valence-electron chi connectivity index (χ3n) is 4.71. The van der Waals surface area contributed by atoms with Crippen LogP contribution in [0.25, 0.3) is 6.08 Å². The Morgan fingerprint density at radius 3 is 2.38 bits per heavy atom. The first kappa shape index (κ1) is 14.8. The van der Waals surface area contributed by atoms with Gasteiger partial charge in [0.1, 0.15) is 0 Å². The third kappa shape index (κ3) is 2.91. The quantitative estimate of drug-likeness (QED) is 0.868. The summed E-state index contributed by atoms with van der Waals surface area (Å²) in [5, 5.41) is 3.36. The van der Waals surface area contributed by atoms with Crippen LogP contribution in [0.5, 0.6) is 0 Å². The topological polar surface area (TPSA) is 43.4 Å². The number of aromatic nitrogens is 1. The number of rotatable bonds is 3. The van der Waals surface area contributed by atoms with E-state index in [1.54, 1.807) is 0 Å². The van der Waals surface area contributed by atoms with Gasteiger partial charge < -0.3 is 14.6 Å². The number of nitrogens with one attached hydrogen (secondary N) is 1. The molecule has 4 nitrogen and oxygen atoms in total. The molecule has 21 heavy (non-hydrogen) atoms. The van der Waals surface area contributed by atoms with Gasteiger partial charge in [0.2, 0.25) is 0 Å². The SMILES string of the molecule is CC1(C)OB(/C=C/c2ccc(C3CCN3)nc2)OC1(C)C. The second kappa shape index (κ2) is 5.23. The van der Waals surface area contributed by atoms with Crippen LogP contribution in [-0.4, -0.2) is 29.8 Å². The van der Waals surface area contributed by atoms with Crippen LogP contribution < -0.4 is 5.32 Å². The average Bonchev–Trinajstić information content (AvgIpc) is 2.55. The molecule has 5 heteroatoms. The molecule has 1 N–H and O–H groups in total. The van der Waals surface area contributed by atoms with Crippen molar-refractivity contribution in [3.05, 3.63) is 35.6 Å². The van der Waals surface area contributed by atoms with Gasteiger partial charge in [-0.2, -0.15) is 0 Å². The van der Waals surface area contributed by atoms with Gasteiger partial charge in [-0.1, -0.05) is 18.1 Å². The lowest BCUT2D eigenvalue weighted by molar-refractivity contribution is 0.00578. The van der Waals surface area contributed by atoms with Crippen molar-refractivity contribution in [1.29, 1.82) is 0 Å². The van der Waals surface area contributed by atoms with Crippen molar-refractivity contribution < 1.29 is 9.31 Å². The number of hydrogen-bond donors (Lipinski definition) is 1. The summed E-state index contributed by atoms with van der Waals surface area (Å²) in [4.78, 5) is 4.51. The van der Waals surface area contributed by atoms with Crippen LogP contribution in [-0.2, 0) is 9.31 Å². The zero-order chi connectivity index (χ0) is 15.1. The first-order valence-electron chi connectivity index (χ1n) is 7.61. The van der Waals surface area contributed by atoms with Crippen molar-refractivity contribution in [1.82, 2.24) is 10.3 Å². The lowest BCUT2D eigenvalue weighted by atomic mass is 9.89. The van der Waals surface area contributed by atoms with Crippen LogP contribution in [0.4, 0.5) is 0 Å². The molecule has 2 aliphatic heterocycles. The maximum Gasteiger partial charge on any atom is 0.487 e. The first-order valence-corrected chi connectivity index (χ1v) is 7.61. The summed E-state index contributed by atoms with van der Waals surface area (Å²) in [6.45, 7) is 9.33. The standard InChI is InChI=1S/C16H23BN2O2/c1-15(2)16(3,4)21-17(20-15)9-7-12-5-6-13(19-11-12)14-8-10-18-14/h5-7,9,11,14,18H,8,10H2,1-4H3/b9-7+. The molecule has 3 rings (SSSR count). The van der Waals surface area contributed by atoms with Crippen LogP contribution >= 0.6 is 0 Å². The number of hydrogen-bond acceptors (Lipinski definition) is 4. The predicted molar refractivity (Wildman–Crippen MR) is 84.7 cm³/mol. The van der Waals surface area contributed by atoms with Crippen molar-refractivity contribution >= 4 is 13.2 Å². The van der Waals surface area contributed by atoms with Crippen LogP contribution in [0, 0.1) is 0 Å². The molecule has 0 aromatic carbocycles. The Morgan fingerprint density at radius 2 is 1.90 bits per heavy atom. The maximum absolute atomic E-state index is 5.93. The van der Waals surface area contributed by atoms with Crippen LogP contribution in [0.1, 0.15) is 51.4 Å². The van der Waals surface area contributed by atoms with Crippen LogP contribution in [0.15, 0.2) is 24.3 Å². The van der Waals surface area contributed by atoms with Crippen LogP contribution in [0.3, 0.4) is 0 Å². The highest BCUT2D eigenvalue weighted by Gasteiger charge is 2.49. The normalized spacial score (nSPS) is 27.0. The largest absolute Gasteiger partial charge is 0.487 e. The van der Waals surface area contributed by atoms with Gasteiger partial charge in [-0.25, -0.2) is 0 Å². The predicted octanol–water partition coefficient (Wildman–Crippen LogP) is 2.76. The molecule has 0 aliphatic carbocycles. The van der Waals surface area contributed by atoms with E-state index in [2.05, 4.69) is 50.1 Å². The molecule has 1 unspecified atom stereocenters. The highest BCUT2D eigenvalue weighted by molar-refractivity contribution is 6.52. The molecule has 1 aromatic rings. The molecule has 0 saturated carbocycles. The van der Waals surface area contributed by atoms with Crippen molar-refractivity contribution in [3.63, 3.8) is 0 Å². The molecule has 2 saturated heterocycles. The van der Waals surface area contributed by atoms with Crippen molar-refractivity contribution in [2.24, 2.45) is 0 Å². The molecular formula is C16H23BN2O2. The van der Waals surface area contributed by atoms with E-state index in [-0.39, 0.29) is 18.3 Å². The zero-order valence-electron chi connectivity index (χ0n) is 13.2. The summed E-state index contributed by atoms with van der Waals surface area (Å²) >= 11 is 0. The molecule has 3 heterocycles. The Balaban J connectivity index is 1.64. The molecule has 112 valence electrons. The van der Waals surface area contributed by atoms with E-state index in [4.69, 9.17) is 9.31 Å². The minimum absolute atomic E-state index is 0.292. The zero-order valence-corrected chi connectivity index (χ0v) is 13.2. The van der Waals surface area contributed by atoms with E-state index in [0.717, 1.165) is 17.8 Å². The Hall–Kier alpha value is -1.17. The second-order valence-electron chi connectivity index (χ2n) is 6.80. The Labute approximate surface area is 127 Å². The first-order chi connectivity index (χ1) is 9.87. The van der Waals surface area contributed by atoms with Gasteiger partial charge in [0.05, 0.1) is 22.9 Å². The molecule has 0 bridgehead atoms. The molecule has 2 fully saturated rings. The number of pyridine rings is 1. The minimum atomic E-state index is -0.303. The van der Waals surface area contributed by atoms with E-state index in [9.17, 15) is 0 Å². The monoisotopic (exact) mass is 286 g/mol. The van der Waals surface area contributed by atoms with Gasteiger partial charge in [0, 0.05) is 6.20 Å². The third-order valence-corrected chi connectivity index (χ3v) is 4.71. The highest BCUT2D eigenvalue weighted by atomic mass is 16.7. The Morgan fingerprint density at radius 1 is 1.24 bits per heavy atom. The summed E-state index contributed by atoms with van der Waals surface area (Å²) in [6.07, 6.45) is 5.08. The lowest BCUT2D eigenvalue weighted by Gasteiger charge is -2.32. The molecule has 1 atom stereocenters. The fourth-order valence-corrected chi connectivity index (χ4v) is 2.42. The molecule has 0 amide bonds. The van der Waals surface area contributed by atoms with Gasteiger partial charge in [0.25, 0.3) is 0 Å². The van der Waals surface area contributed by atoms with Gasteiger partial charge >= 0.3 is 7.12 Å². The summed E-state index contributed by atoms with van der Waals surface area (Å²) in [6, 6.07) is 4.61. The van der Waals surface area contributed by atoms with E-state index in [0.29, 0.717) is 6.04 Å². The van der Waals surface area contributed by atoms with Crippen LogP contribution in [0.2, 0.25) is 0 Å².